The summed E-state index contributed by atoms with van der Waals surface area (Å²) >= 11 is 1.64. The minimum absolute atomic E-state index is 0.0780. The molecule has 130 valence electrons. The number of ether oxygens (including phenoxy) is 1. The van der Waals surface area contributed by atoms with Crippen LogP contribution >= 0.6 is 11.3 Å². The molecule has 3 aromatic rings. The Balaban J connectivity index is 2.05. The lowest BCUT2D eigenvalue weighted by Gasteiger charge is -2.20. The van der Waals surface area contributed by atoms with Gasteiger partial charge in [0.15, 0.2) is 0 Å². The van der Waals surface area contributed by atoms with Crippen molar-refractivity contribution in [2.75, 3.05) is 19.1 Å². The number of aryl methyl sites for hydroxylation is 2. The molecule has 0 saturated carbocycles. The number of fused-ring (bicyclic) bond motifs is 1. The van der Waals surface area contributed by atoms with Gasteiger partial charge in [0.2, 0.25) is 0 Å². The van der Waals surface area contributed by atoms with E-state index >= 15 is 0 Å². The third-order valence-corrected chi connectivity index (χ3v) is 5.31. The molecule has 0 aliphatic rings. The largest absolute Gasteiger partial charge is 0.469 e. The zero-order valence-corrected chi connectivity index (χ0v) is 15.7. The van der Waals surface area contributed by atoms with Gasteiger partial charge in [-0.15, -0.1) is 11.3 Å². The first kappa shape index (κ1) is 17.4. The molecule has 0 amide bonds. The average Bonchev–Trinajstić information content (AvgIpc) is 2.89. The fourth-order valence-corrected chi connectivity index (χ4v) is 3.80. The smallest absolute Gasteiger partial charge is 0.313 e. The summed E-state index contributed by atoms with van der Waals surface area (Å²) in [6.07, 6.45) is 0.0780. The van der Waals surface area contributed by atoms with Gasteiger partial charge >= 0.3 is 5.97 Å². The molecule has 25 heavy (non-hydrogen) atoms. The number of nitrogens with zero attached hydrogens (tertiary/aromatic N) is 3. The first-order valence-corrected chi connectivity index (χ1v) is 8.89. The molecule has 0 aliphatic carbocycles. The fourth-order valence-electron chi connectivity index (χ4n) is 2.76. The van der Waals surface area contributed by atoms with Gasteiger partial charge in [0.05, 0.1) is 12.5 Å². The lowest BCUT2D eigenvalue weighted by atomic mass is 10.1. The maximum Gasteiger partial charge on any atom is 0.313 e. The van der Waals surface area contributed by atoms with Crippen molar-refractivity contribution >= 4 is 33.3 Å². The van der Waals surface area contributed by atoms with Crippen LogP contribution in [0.15, 0.2) is 30.3 Å². The van der Waals surface area contributed by atoms with Gasteiger partial charge in [0, 0.05) is 18.5 Å². The van der Waals surface area contributed by atoms with Gasteiger partial charge in [0.25, 0.3) is 0 Å². The number of carbonyl (C=O) groups is 1. The molecule has 5 nitrogen and oxygen atoms in total. The number of thiophene rings is 1. The number of rotatable bonds is 5. The normalized spacial score (nSPS) is 10.9. The quantitative estimate of drug-likeness (QED) is 0.654. The van der Waals surface area contributed by atoms with E-state index in [1.165, 1.54) is 23.1 Å². The summed E-state index contributed by atoms with van der Waals surface area (Å²) in [6.45, 7) is 4.92. The van der Waals surface area contributed by atoms with E-state index in [4.69, 9.17) is 4.74 Å². The highest BCUT2D eigenvalue weighted by molar-refractivity contribution is 7.18. The molecule has 0 aliphatic heterocycles. The van der Waals surface area contributed by atoms with E-state index < -0.39 is 0 Å². The van der Waals surface area contributed by atoms with Crippen LogP contribution in [0.3, 0.4) is 0 Å². The Kier molecular flexibility index (Phi) is 4.99. The van der Waals surface area contributed by atoms with Crippen molar-refractivity contribution in [1.29, 1.82) is 0 Å². The van der Waals surface area contributed by atoms with Crippen LogP contribution in [-0.4, -0.2) is 30.1 Å². The Morgan fingerprint density at radius 3 is 2.60 bits per heavy atom. The second-order valence-electron chi connectivity index (χ2n) is 6.02. The summed E-state index contributed by atoms with van der Waals surface area (Å²) in [5.74, 6) is 1.02. The SMILES string of the molecule is COC(=O)Cc1nc(N(C)Cc2ccccc2)c2c(C)c(C)sc2n1. The first-order valence-electron chi connectivity index (χ1n) is 8.08. The average molecular weight is 355 g/mol. The number of anilines is 1. The number of carbonyl (C=O) groups excluding carboxylic acids is 1. The van der Waals surface area contributed by atoms with E-state index in [1.807, 2.05) is 25.2 Å². The molecule has 6 heteroatoms. The second kappa shape index (κ2) is 7.19. The maximum absolute atomic E-state index is 11.6. The fraction of sp³-hybridized carbons (Fsp3) is 0.316. The van der Waals surface area contributed by atoms with Gasteiger partial charge in [-0.25, -0.2) is 9.97 Å². The van der Waals surface area contributed by atoms with Crippen molar-refractivity contribution in [2.24, 2.45) is 0 Å². The van der Waals surface area contributed by atoms with Crippen molar-refractivity contribution < 1.29 is 9.53 Å². The third-order valence-electron chi connectivity index (χ3n) is 4.21. The second-order valence-corrected chi connectivity index (χ2v) is 7.22. The summed E-state index contributed by atoms with van der Waals surface area (Å²) in [5, 5.41) is 1.06. The summed E-state index contributed by atoms with van der Waals surface area (Å²) in [5.41, 5.74) is 2.40. The van der Waals surface area contributed by atoms with E-state index in [-0.39, 0.29) is 12.4 Å². The van der Waals surface area contributed by atoms with Gasteiger partial charge in [-0.3, -0.25) is 4.79 Å². The van der Waals surface area contributed by atoms with Gasteiger partial charge in [0.1, 0.15) is 22.9 Å². The van der Waals surface area contributed by atoms with Crippen LogP contribution in [0.5, 0.6) is 0 Å². The van der Waals surface area contributed by atoms with E-state index in [0.29, 0.717) is 5.82 Å². The van der Waals surface area contributed by atoms with Gasteiger partial charge in [-0.05, 0) is 25.0 Å². The van der Waals surface area contributed by atoms with E-state index in [0.717, 1.165) is 22.6 Å². The highest BCUT2D eigenvalue weighted by atomic mass is 32.1. The molecule has 1 aromatic carbocycles. The number of benzene rings is 1. The Labute approximate surface area is 151 Å². The van der Waals surface area contributed by atoms with Gasteiger partial charge < -0.3 is 9.64 Å². The third kappa shape index (κ3) is 3.64. The number of methoxy groups -OCH3 is 1. The van der Waals surface area contributed by atoms with Gasteiger partial charge in [-0.2, -0.15) is 0 Å². The van der Waals surface area contributed by atoms with Crippen molar-refractivity contribution in [3.8, 4) is 0 Å². The van der Waals surface area contributed by atoms with Crippen LogP contribution in [-0.2, 0) is 22.5 Å². The van der Waals surface area contributed by atoms with E-state index in [9.17, 15) is 4.79 Å². The first-order chi connectivity index (χ1) is 12.0. The summed E-state index contributed by atoms with van der Waals surface area (Å²) in [7, 11) is 3.39. The predicted molar refractivity (Wildman–Crippen MR) is 101 cm³/mol. The Bertz CT molecular complexity index is 906. The number of esters is 1. The molecular weight excluding hydrogens is 334 g/mol. The molecule has 0 spiro atoms. The number of aromatic nitrogens is 2. The molecule has 3 rings (SSSR count). The molecule has 0 bridgehead atoms. The van der Waals surface area contributed by atoms with Crippen molar-refractivity contribution in [3.05, 3.63) is 52.2 Å². The Hall–Kier alpha value is -2.47. The Morgan fingerprint density at radius 2 is 1.92 bits per heavy atom. The van der Waals surface area contributed by atoms with Crippen LogP contribution in [0, 0.1) is 13.8 Å². The van der Waals surface area contributed by atoms with Crippen LogP contribution in [0.25, 0.3) is 10.2 Å². The van der Waals surface area contributed by atoms with Crippen molar-refractivity contribution in [2.45, 2.75) is 26.8 Å². The van der Waals surface area contributed by atoms with Crippen LogP contribution in [0.2, 0.25) is 0 Å². The predicted octanol–water partition coefficient (Wildman–Crippen LogP) is 3.66. The molecule has 0 unspecified atom stereocenters. The van der Waals surface area contributed by atoms with E-state index in [1.54, 1.807) is 11.3 Å². The molecule has 0 N–H and O–H groups in total. The summed E-state index contributed by atoms with van der Waals surface area (Å²) in [4.78, 5) is 25.1. The minimum Gasteiger partial charge on any atom is -0.469 e. The molecular formula is C19H21N3O2S. The zero-order valence-electron chi connectivity index (χ0n) is 14.9. The molecule has 0 atom stereocenters. The highest BCUT2D eigenvalue weighted by Crippen LogP contribution is 2.35. The molecule has 0 fully saturated rings. The van der Waals surface area contributed by atoms with Crippen LogP contribution in [0.4, 0.5) is 5.82 Å². The minimum atomic E-state index is -0.332. The Morgan fingerprint density at radius 1 is 1.20 bits per heavy atom. The standard InChI is InChI=1S/C19H21N3O2S/c1-12-13(2)25-19-17(12)18(20-15(21-19)10-16(23)24-4)22(3)11-14-8-6-5-7-9-14/h5-9H,10-11H2,1-4H3. The lowest BCUT2D eigenvalue weighted by molar-refractivity contribution is -0.139. The monoisotopic (exact) mass is 355 g/mol. The molecule has 2 aromatic heterocycles. The maximum atomic E-state index is 11.6. The lowest BCUT2D eigenvalue weighted by Crippen LogP contribution is -2.20. The van der Waals surface area contributed by atoms with E-state index in [2.05, 4.69) is 40.8 Å². The molecule has 2 heterocycles. The molecule has 0 saturated heterocycles. The highest BCUT2D eigenvalue weighted by Gasteiger charge is 2.19. The topological polar surface area (TPSA) is 55.3 Å². The molecule has 0 radical (unpaired) electrons. The van der Waals surface area contributed by atoms with Crippen molar-refractivity contribution in [3.63, 3.8) is 0 Å². The number of hydrogen-bond acceptors (Lipinski definition) is 6. The van der Waals surface area contributed by atoms with Crippen molar-refractivity contribution in [1.82, 2.24) is 9.97 Å². The zero-order chi connectivity index (χ0) is 18.0. The summed E-state index contributed by atoms with van der Waals surface area (Å²) < 4.78 is 4.76. The van der Waals surface area contributed by atoms with Crippen LogP contribution in [0.1, 0.15) is 21.8 Å². The van der Waals surface area contributed by atoms with Gasteiger partial charge in [-0.1, -0.05) is 30.3 Å². The summed E-state index contributed by atoms with van der Waals surface area (Å²) in [6, 6.07) is 10.3. The number of hydrogen-bond donors (Lipinski definition) is 0. The van der Waals surface area contributed by atoms with Crippen LogP contribution < -0.4 is 4.90 Å².